The van der Waals surface area contributed by atoms with Crippen molar-refractivity contribution in [3.05, 3.63) is 58.9 Å². The van der Waals surface area contributed by atoms with Crippen molar-refractivity contribution in [3.63, 3.8) is 0 Å². The van der Waals surface area contributed by atoms with Gasteiger partial charge in [0.05, 0.1) is 5.38 Å². The minimum atomic E-state index is -0.469. The highest BCUT2D eigenvalue weighted by Gasteiger charge is 2.18. The van der Waals surface area contributed by atoms with Crippen molar-refractivity contribution >= 4 is 17.4 Å². The molecule has 2 rings (SSSR count). The normalized spacial score (nSPS) is 12.4. The van der Waals surface area contributed by atoms with E-state index in [0.717, 1.165) is 36.3 Å². The van der Waals surface area contributed by atoms with Gasteiger partial charge in [-0.3, -0.25) is 4.79 Å². The molecule has 1 heterocycles. The summed E-state index contributed by atoms with van der Waals surface area (Å²) in [6, 6.07) is 12.4. The van der Waals surface area contributed by atoms with Crippen LogP contribution in [0.4, 0.5) is 0 Å². The van der Waals surface area contributed by atoms with Crippen molar-refractivity contribution in [1.29, 1.82) is 0 Å². The van der Waals surface area contributed by atoms with Crippen LogP contribution in [0.1, 0.15) is 40.7 Å². The first-order valence-corrected chi connectivity index (χ1v) is 7.83. The number of ketones is 1. The molecule has 0 aliphatic rings. The first-order valence-electron chi connectivity index (χ1n) is 7.39. The Morgan fingerprint density at radius 2 is 1.90 bits per heavy atom. The summed E-state index contributed by atoms with van der Waals surface area (Å²) in [5.74, 6) is 0.0130. The van der Waals surface area contributed by atoms with E-state index in [1.807, 2.05) is 26.0 Å². The average Bonchev–Trinajstić information content (AvgIpc) is 2.75. The summed E-state index contributed by atoms with van der Waals surface area (Å²) in [4.78, 5) is 12.1. The van der Waals surface area contributed by atoms with Gasteiger partial charge in [-0.1, -0.05) is 30.3 Å². The average molecular weight is 304 g/mol. The second-order valence-corrected chi connectivity index (χ2v) is 6.16. The first kappa shape index (κ1) is 15.8. The molecule has 3 heteroatoms. The summed E-state index contributed by atoms with van der Waals surface area (Å²) in [5, 5.41) is -0.469. The third-order valence-corrected chi connectivity index (χ3v) is 4.09. The minimum Gasteiger partial charge on any atom is -0.348 e. The predicted molar refractivity (Wildman–Crippen MR) is 88.3 cm³/mol. The van der Waals surface area contributed by atoms with Crippen LogP contribution in [0.3, 0.4) is 0 Å². The molecular weight excluding hydrogens is 282 g/mol. The van der Waals surface area contributed by atoms with E-state index < -0.39 is 5.38 Å². The fourth-order valence-electron chi connectivity index (χ4n) is 2.69. The SMILES string of the molecule is Cc1cc(C(=O)C(C)Cl)c(C)n1CCCc1ccccc1. The number of hydrogen-bond donors (Lipinski definition) is 0. The van der Waals surface area contributed by atoms with Gasteiger partial charge < -0.3 is 4.57 Å². The molecule has 0 radical (unpaired) electrons. The number of benzene rings is 1. The van der Waals surface area contributed by atoms with Crippen molar-refractivity contribution in [2.45, 2.75) is 45.5 Å². The topological polar surface area (TPSA) is 22.0 Å². The monoisotopic (exact) mass is 303 g/mol. The smallest absolute Gasteiger partial charge is 0.182 e. The molecule has 2 aromatic rings. The van der Waals surface area contributed by atoms with Gasteiger partial charge in [0.1, 0.15) is 0 Å². The van der Waals surface area contributed by atoms with Crippen LogP contribution in [0.25, 0.3) is 0 Å². The second kappa shape index (κ2) is 6.95. The standard InChI is InChI=1S/C18H22ClNO/c1-13-12-17(18(21)14(2)19)15(3)20(13)11-7-10-16-8-5-4-6-9-16/h4-6,8-9,12,14H,7,10-11H2,1-3H3. The van der Waals surface area contributed by atoms with Crippen LogP contribution in [0.15, 0.2) is 36.4 Å². The molecule has 0 aliphatic heterocycles. The number of aryl methyl sites for hydroxylation is 2. The van der Waals surface area contributed by atoms with E-state index in [4.69, 9.17) is 11.6 Å². The van der Waals surface area contributed by atoms with Gasteiger partial charge >= 0.3 is 0 Å². The number of Topliss-reactive ketones (excluding diaryl/α,β-unsaturated/α-hetero) is 1. The maximum atomic E-state index is 12.1. The Hall–Kier alpha value is -1.54. The molecular formula is C18H22ClNO. The third kappa shape index (κ3) is 3.76. The number of aromatic nitrogens is 1. The zero-order chi connectivity index (χ0) is 15.4. The molecule has 0 N–H and O–H groups in total. The quantitative estimate of drug-likeness (QED) is 0.567. The van der Waals surface area contributed by atoms with Crippen molar-refractivity contribution in [1.82, 2.24) is 4.57 Å². The Kier molecular flexibility index (Phi) is 5.24. The summed E-state index contributed by atoms with van der Waals surface area (Å²) in [6.45, 7) is 6.70. The van der Waals surface area contributed by atoms with Gasteiger partial charge in [-0.25, -0.2) is 0 Å². The molecule has 0 saturated carbocycles. The number of halogens is 1. The van der Waals surface area contributed by atoms with Crippen LogP contribution in [0.2, 0.25) is 0 Å². The number of hydrogen-bond acceptors (Lipinski definition) is 1. The molecule has 1 unspecified atom stereocenters. The van der Waals surface area contributed by atoms with Gasteiger partial charge in [-0.2, -0.15) is 0 Å². The molecule has 0 amide bonds. The molecule has 0 saturated heterocycles. The van der Waals surface area contributed by atoms with Gasteiger partial charge in [0, 0.05) is 23.5 Å². The van der Waals surface area contributed by atoms with E-state index in [1.165, 1.54) is 5.56 Å². The van der Waals surface area contributed by atoms with Crippen molar-refractivity contribution in [3.8, 4) is 0 Å². The fraction of sp³-hybridized carbons (Fsp3) is 0.389. The second-order valence-electron chi connectivity index (χ2n) is 5.51. The Bertz CT molecular complexity index is 614. The molecule has 2 nitrogen and oxygen atoms in total. The molecule has 1 aromatic heterocycles. The minimum absolute atomic E-state index is 0.0130. The Balaban J connectivity index is 2.05. The number of alkyl halides is 1. The van der Waals surface area contributed by atoms with Crippen LogP contribution in [-0.4, -0.2) is 15.7 Å². The van der Waals surface area contributed by atoms with Gasteiger partial charge in [-0.05, 0) is 45.2 Å². The van der Waals surface area contributed by atoms with Crippen LogP contribution >= 0.6 is 11.6 Å². The van der Waals surface area contributed by atoms with E-state index in [9.17, 15) is 4.79 Å². The maximum absolute atomic E-state index is 12.1. The van der Waals surface area contributed by atoms with Gasteiger partial charge in [0.25, 0.3) is 0 Å². The van der Waals surface area contributed by atoms with Crippen LogP contribution in [0, 0.1) is 13.8 Å². The molecule has 112 valence electrons. The summed E-state index contributed by atoms with van der Waals surface area (Å²) in [5.41, 5.74) is 4.26. The molecule has 0 aliphatic carbocycles. The highest BCUT2D eigenvalue weighted by atomic mass is 35.5. The fourth-order valence-corrected chi connectivity index (χ4v) is 2.81. The van der Waals surface area contributed by atoms with Gasteiger partial charge in [0.15, 0.2) is 5.78 Å². The Labute approximate surface area is 131 Å². The highest BCUT2D eigenvalue weighted by molar-refractivity contribution is 6.33. The molecule has 0 fully saturated rings. The lowest BCUT2D eigenvalue weighted by Gasteiger charge is -2.10. The number of nitrogens with zero attached hydrogens (tertiary/aromatic N) is 1. The Morgan fingerprint density at radius 3 is 2.52 bits per heavy atom. The number of carbonyl (C=O) groups excluding carboxylic acids is 1. The summed E-state index contributed by atoms with van der Waals surface area (Å²) >= 11 is 5.92. The summed E-state index contributed by atoms with van der Waals surface area (Å²) in [6.07, 6.45) is 2.11. The number of rotatable bonds is 6. The maximum Gasteiger partial charge on any atom is 0.182 e. The lowest BCUT2D eigenvalue weighted by Crippen LogP contribution is -2.12. The molecule has 0 spiro atoms. The van der Waals surface area contributed by atoms with Crippen molar-refractivity contribution in [2.75, 3.05) is 0 Å². The largest absolute Gasteiger partial charge is 0.348 e. The van der Waals surface area contributed by atoms with Crippen LogP contribution < -0.4 is 0 Å². The van der Waals surface area contributed by atoms with E-state index in [-0.39, 0.29) is 5.78 Å². The molecule has 1 aromatic carbocycles. The van der Waals surface area contributed by atoms with Gasteiger partial charge in [0.2, 0.25) is 0 Å². The van der Waals surface area contributed by atoms with E-state index in [1.54, 1.807) is 6.92 Å². The number of carbonyl (C=O) groups is 1. The summed E-state index contributed by atoms with van der Waals surface area (Å²) < 4.78 is 2.22. The lowest BCUT2D eigenvalue weighted by atomic mass is 10.1. The van der Waals surface area contributed by atoms with Gasteiger partial charge in [-0.15, -0.1) is 11.6 Å². The van der Waals surface area contributed by atoms with Crippen LogP contribution in [-0.2, 0) is 13.0 Å². The van der Waals surface area contributed by atoms with Crippen LogP contribution in [0.5, 0.6) is 0 Å². The molecule has 0 bridgehead atoms. The zero-order valence-corrected chi connectivity index (χ0v) is 13.7. The lowest BCUT2D eigenvalue weighted by molar-refractivity contribution is 0.0991. The Morgan fingerprint density at radius 1 is 1.24 bits per heavy atom. The molecule has 21 heavy (non-hydrogen) atoms. The van der Waals surface area contributed by atoms with E-state index in [2.05, 4.69) is 28.8 Å². The van der Waals surface area contributed by atoms with E-state index >= 15 is 0 Å². The highest BCUT2D eigenvalue weighted by Crippen LogP contribution is 2.19. The van der Waals surface area contributed by atoms with Crippen molar-refractivity contribution < 1.29 is 4.79 Å². The predicted octanol–water partition coefficient (Wildman–Crippen LogP) is 4.55. The zero-order valence-electron chi connectivity index (χ0n) is 12.9. The first-order chi connectivity index (χ1) is 10.0. The van der Waals surface area contributed by atoms with E-state index in [0.29, 0.717) is 0 Å². The summed E-state index contributed by atoms with van der Waals surface area (Å²) in [7, 11) is 0. The van der Waals surface area contributed by atoms with Crippen molar-refractivity contribution in [2.24, 2.45) is 0 Å². The third-order valence-electron chi connectivity index (χ3n) is 3.89. The molecule has 1 atom stereocenters.